The van der Waals surface area contributed by atoms with Crippen LogP contribution >= 0.6 is 22.6 Å². The zero-order chi connectivity index (χ0) is 39.4. The van der Waals surface area contributed by atoms with Gasteiger partial charge in [-0.05, 0) is 76.8 Å². The Morgan fingerprint density at radius 3 is 1.64 bits per heavy atom. The molecule has 0 saturated carbocycles. The van der Waals surface area contributed by atoms with E-state index in [1.165, 1.54) is 14.2 Å². The van der Waals surface area contributed by atoms with Crippen molar-refractivity contribution in [2.75, 3.05) is 27.3 Å². The number of methoxy groups -OCH3 is 2. The fourth-order valence-electron chi connectivity index (χ4n) is 7.42. The van der Waals surface area contributed by atoms with Gasteiger partial charge < -0.3 is 39.9 Å². The van der Waals surface area contributed by atoms with E-state index >= 15 is 0 Å². The summed E-state index contributed by atoms with van der Waals surface area (Å²) in [5, 5.41) is 5.40. The second-order valence-corrected chi connectivity index (χ2v) is 15.8. The van der Waals surface area contributed by atoms with Crippen molar-refractivity contribution in [1.29, 1.82) is 0 Å². The van der Waals surface area contributed by atoms with Crippen LogP contribution in [0.3, 0.4) is 0 Å². The summed E-state index contributed by atoms with van der Waals surface area (Å²) in [5.74, 6) is 0.957. The molecule has 2 aliphatic rings. The summed E-state index contributed by atoms with van der Waals surface area (Å²) in [4.78, 5) is 71.2. The van der Waals surface area contributed by atoms with Gasteiger partial charge >= 0.3 is 12.2 Å². The molecule has 4 N–H and O–H groups in total. The standard InChI is InChI=1S/C40H49IN8O6/c1-22(2)31(45-39(52)54-5)37(50)48-19-7-9-29(48)35-42-21-28(43-35)26-15-11-24(12-16-26)25-13-17-27(18-14-25)33-34(41)47-36(44-33)30-10-8-20-49(30)38(51)32(23(3)4)46-40(53)55-6/h11-18,21-23,29-32H,7-10,19-20H2,1-6H3,(H,42,43)(H,44,47)(H,45,52)(H,46,53)/t29-,30+,31-,32+/m1/s1. The summed E-state index contributed by atoms with van der Waals surface area (Å²) < 4.78 is 10.4. The number of ether oxygens (including phenoxy) is 2. The van der Waals surface area contributed by atoms with Gasteiger partial charge in [0.1, 0.15) is 33.1 Å². The number of hydrogen-bond acceptors (Lipinski definition) is 8. The van der Waals surface area contributed by atoms with Crippen molar-refractivity contribution in [3.63, 3.8) is 0 Å². The first-order valence-corrected chi connectivity index (χ1v) is 19.8. The predicted octanol–water partition coefficient (Wildman–Crippen LogP) is 6.83. The summed E-state index contributed by atoms with van der Waals surface area (Å²) >= 11 is 2.26. The Kier molecular flexibility index (Phi) is 12.5. The van der Waals surface area contributed by atoms with Crippen molar-refractivity contribution in [2.45, 2.75) is 77.5 Å². The zero-order valence-corrected chi connectivity index (χ0v) is 34.2. The highest BCUT2D eigenvalue weighted by molar-refractivity contribution is 14.1. The molecule has 2 aliphatic heterocycles. The van der Waals surface area contributed by atoms with Gasteiger partial charge in [0, 0.05) is 18.7 Å². The van der Waals surface area contributed by atoms with E-state index in [2.05, 4.69) is 96.7 Å². The van der Waals surface area contributed by atoms with E-state index < -0.39 is 24.3 Å². The van der Waals surface area contributed by atoms with Crippen molar-refractivity contribution >= 4 is 46.6 Å². The molecule has 2 fully saturated rings. The minimum absolute atomic E-state index is 0.105. The topological polar surface area (TPSA) is 175 Å². The number of amides is 4. The molecule has 6 rings (SSSR count). The van der Waals surface area contributed by atoms with Crippen molar-refractivity contribution in [3.8, 4) is 33.6 Å². The first-order valence-electron chi connectivity index (χ1n) is 18.7. The van der Waals surface area contributed by atoms with Crippen LogP contribution in [0.1, 0.15) is 77.1 Å². The number of H-pyrrole nitrogens is 2. The van der Waals surface area contributed by atoms with Gasteiger partial charge in [0.15, 0.2) is 0 Å². The molecule has 4 amide bonds. The number of imidazole rings is 2. The molecule has 4 heterocycles. The Labute approximate surface area is 334 Å². The second kappa shape index (κ2) is 17.3. The van der Waals surface area contributed by atoms with Crippen LogP contribution in [0.2, 0.25) is 0 Å². The van der Waals surface area contributed by atoms with E-state index in [0.29, 0.717) is 13.1 Å². The molecule has 0 bridgehead atoms. The van der Waals surface area contributed by atoms with Crippen molar-refractivity contribution in [3.05, 3.63) is 70.1 Å². The van der Waals surface area contributed by atoms with E-state index in [-0.39, 0.29) is 35.7 Å². The highest BCUT2D eigenvalue weighted by Gasteiger charge is 2.39. The number of carbonyl (C=O) groups excluding carboxylic acids is 4. The van der Waals surface area contributed by atoms with E-state index in [0.717, 1.165) is 74.7 Å². The maximum Gasteiger partial charge on any atom is 0.407 e. The predicted molar refractivity (Wildman–Crippen MR) is 215 cm³/mol. The smallest absolute Gasteiger partial charge is 0.407 e. The normalized spacial score (nSPS) is 18.1. The van der Waals surface area contributed by atoms with Gasteiger partial charge in [0.25, 0.3) is 0 Å². The Bertz CT molecular complexity index is 1990. The van der Waals surface area contributed by atoms with E-state index in [9.17, 15) is 19.2 Å². The Morgan fingerprint density at radius 2 is 1.16 bits per heavy atom. The van der Waals surface area contributed by atoms with Crippen molar-refractivity contribution in [2.24, 2.45) is 11.8 Å². The summed E-state index contributed by atoms with van der Waals surface area (Å²) in [6.45, 7) is 8.79. The van der Waals surface area contributed by atoms with Gasteiger partial charge in [-0.1, -0.05) is 76.2 Å². The molecule has 2 aromatic heterocycles. The highest BCUT2D eigenvalue weighted by atomic mass is 127. The largest absolute Gasteiger partial charge is 0.453 e. The summed E-state index contributed by atoms with van der Waals surface area (Å²) in [6, 6.07) is 14.7. The molecular formula is C40H49IN8O6. The molecule has 14 nitrogen and oxygen atoms in total. The third kappa shape index (κ3) is 8.66. The fraction of sp³-hybridized carbons (Fsp3) is 0.450. The molecule has 4 aromatic rings. The van der Waals surface area contributed by atoms with Crippen LogP contribution in [-0.2, 0) is 19.1 Å². The van der Waals surface area contributed by atoms with Crippen LogP contribution in [0.25, 0.3) is 33.6 Å². The van der Waals surface area contributed by atoms with Gasteiger partial charge in [-0.3, -0.25) is 9.59 Å². The fourth-order valence-corrected chi connectivity index (χ4v) is 8.13. The Balaban J connectivity index is 1.13. The molecule has 0 aliphatic carbocycles. The lowest BCUT2D eigenvalue weighted by molar-refractivity contribution is -0.136. The molecule has 2 saturated heterocycles. The number of nitrogens with zero attached hydrogens (tertiary/aromatic N) is 4. The highest BCUT2D eigenvalue weighted by Crippen LogP contribution is 2.36. The SMILES string of the molecule is COC(=O)N[C@H](C(=O)N1CCC[C@H]1c1nc(-c2ccc(-c3ccc(-c4cnc([C@H]5CCCN5C(=O)[C@H](NC(=O)OC)C(C)C)[nH]4)cc3)cc2)c(I)[nH]1)C(C)C. The number of aromatic nitrogens is 4. The number of aromatic amines is 2. The zero-order valence-electron chi connectivity index (χ0n) is 32.0. The summed E-state index contributed by atoms with van der Waals surface area (Å²) in [6.07, 6.45) is 3.80. The average molecular weight is 865 g/mol. The molecule has 0 radical (unpaired) electrons. The molecular weight excluding hydrogens is 815 g/mol. The monoisotopic (exact) mass is 864 g/mol. The molecule has 0 unspecified atom stereocenters. The number of halogens is 1. The van der Waals surface area contributed by atoms with Gasteiger partial charge in [-0.15, -0.1) is 0 Å². The third-order valence-electron chi connectivity index (χ3n) is 10.4. The molecule has 0 spiro atoms. The summed E-state index contributed by atoms with van der Waals surface area (Å²) in [7, 11) is 2.58. The number of alkyl carbamates (subject to hydrolysis) is 2. The number of carbonyl (C=O) groups is 4. The van der Waals surface area contributed by atoms with Crippen LogP contribution < -0.4 is 10.6 Å². The lowest BCUT2D eigenvalue weighted by atomic mass is 10.0. The van der Waals surface area contributed by atoms with Crippen LogP contribution in [-0.4, -0.2) is 93.1 Å². The van der Waals surface area contributed by atoms with Crippen molar-refractivity contribution in [1.82, 2.24) is 40.4 Å². The molecule has 55 heavy (non-hydrogen) atoms. The molecule has 4 atom stereocenters. The van der Waals surface area contributed by atoms with Gasteiger partial charge in [-0.25, -0.2) is 19.6 Å². The van der Waals surface area contributed by atoms with E-state index in [4.69, 9.17) is 14.5 Å². The van der Waals surface area contributed by atoms with Gasteiger partial charge in [-0.2, -0.15) is 0 Å². The number of likely N-dealkylation sites (tertiary alicyclic amines) is 2. The Morgan fingerprint density at radius 1 is 0.709 bits per heavy atom. The van der Waals surface area contributed by atoms with Crippen molar-refractivity contribution < 1.29 is 28.7 Å². The minimum atomic E-state index is -0.692. The molecule has 15 heteroatoms. The number of hydrogen-bond donors (Lipinski definition) is 4. The lowest BCUT2D eigenvalue weighted by Gasteiger charge is -2.30. The second-order valence-electron chi connectivity index (χ2n) is 14.7. The number of benzene rings is 2. The van der Waals surface area contributed by atoms with Crippen LogP contribution in [0.5, 0.6) is 0 Å². The molecule has 2 aromatic carbocycles. The van der Waals surface area contributed by atoms with Crippen LogP contribution in [0, 0.1) is 15.5 Å². The molecule has 292 valence electrons. The lowest BCUT2D eigenvalue weighted by Crippen LogP contribution is -2.51. The maximum atomic E-state index is 13.6. The van der Waals surface area contributed by atoms with Crippen LogP contribution in [0.15, 0.2) is 54.7 Å². The maximum absolute atomic E-state index is 13.6. The first kappa shape index (κ1) is 39.8. The number of nitrogens with one attached hydrogen (secondary N) is 4. The van der Waals surface area contributed by atoms with Gasteiger partial charge in [0.05, 0.1) is 38.2 Å². The first-order chi connectivity index (χ1) is 26.4. The third-order valence-corrected chi connectivity index (χ3v) is 11.2. The quantitative estimate of drug-likeness (QED) is 0.119. The number of rotatable bonds is 11. The van der Waals surface area contributed by atoms with Crippen LogP contribution in [0.4, 0.5) is 9.59 Å². The Hall–Kier alpha value is -4.93. The van der Waals surface area contributed by atoms with E-state index in [1.807, 2.05) is 32.6 Å². The van der Waals surface area contributed by atoms with E-state index in [1.54, 1.807) is 11.1 Å². The summed E-state index contributed by atoms with van der Waals surface area (Å²) in [5.41, 5.74) is 5.72. The minimum Gasteiger partial charge on any atom is -0.453 e. The van der Waals surface area contributed by atoms with Gasteiger partial charge in [0.2, 0.25) is 11.8 Å². The average Bonchev–Trinajstić information content (AvgIpc) is 4.02.